The molecule has 0 radical (unpaired) electrons. The van der Waals surface area contributed by atoms with Gasteiger partial charge in [-0.05, 0) is 70.1 Å². The number of anilines is 1. The second-order valence-electron chi connectivity index (χ2n) is 9.91. The number of carbonyl (C=O) groups excluding carboxylic acids is 4. The van der Waals surface area contributed by atoms with Gasteiger partial charge in [-0.2, -0.15) is 0 Å². The highest BCUT2D eigenvalue weighted by Gasteiger charge is 2.56. The standard InChI is InChI=1S/C30H21BrClNO5/c1-2-14-3-5-15(6-4-14)33-29(37)19-10-9-17-20(26(19)30(33)38)12-21-27(24(35)13-22(31)28(21)36)25(17)18-8-7-16(34)11-23(18)32/h2-9,11,13,19-20,25-26,34H,1,10,12H2/t19-,20+,25+,26-/m0/s1. The molecule has 0 unspecified atom stereocenters. The van der Waals surface area contributed by atoms with Gasteiger partial charge in [0.1, 0.15) is 5.75 Å². The second-order valence-corrected chi connectivity index (χ2v) is 11.2. The van der Waals surface area contributed by atoms with Crippen molar-refractivity contribution in [1.29, 1.82) is 0 Å². The summed E-state index contributed by atoms with van der Waals surface area (Å²) in [7, 11) is 0. The van der Waals surface area contributed by atoms with Gasteiger partial charge in [0.25, 0.3) is 0 Å². The van der Waals surface area contributed by atoms with E-state index in [0.29, 0.717) is 28.8 Å². The summed E-state index contributed by atoms with van der Waals surface area (Å²) in [4.78, 5) is 55.2. The minimum Gasteiger partial charge on any atom is -0.508 e. The van der Waals surface area contributed by atoms with E-state index in [0.717, 1.165) is 11.1 Å². The molecule has 6 rings (SSSR count). The number of hydrogen-bond donors (Lipinski definition) is 1. The maximum absolute atomic E-state index is 13.9. The van der Waals surface area contributed by atoms with E-state index in [1.165, 1.54) is 23.1 Å². The number of Topliss-reactive ketones (excluding diaryl/α,β-unsaturated/α-hetero) is 1. The third-order valence-corrected chi connectivity index (χ3v) is 8.93. The summed E-state index contributed by atoms with van der Waals surface area (Å²) in [5.74, 6) is -3.61. The number of imide groups is 1. The largest absolute Gasteiger partial charge is 0.508 e. The summed E-state index contributed by atoms with van der Waals surface area (Å²) in [5, 5.41) is 10.2. The fraction of sp³-hybridized carbons (Fsp3) is 0.200. The molecule has 2 aromatic carbocycles. The first-order valence-corrected chi connectivity index (χ1v) is 13.4. The molecule has 6 nitrogen and oxygen atoms in total. The van der Waals surface area contributed by atoms with Crippen molar-refractivity contribution in [2.45, 2.75) is 18.8 Å². The van der Waals surface area contributed by atoms with Crippen LogP contribution < -0.4 is 4.90 Å². The number of amides is 2. The van der Waals surface area contributed by atoms with Crippen LogP contribution in [0.25, 0.3) is 6.08 Å². The average Bonchev–Trinajstić information content (AvgIpc) is 3.16. The molecule has 1 saturated heterocycles. The van der Waals surface area contributed by atoms with Crippen molar-refractivity contribution in [2.75, 3.05) is 4.90 Å². The topological polar surface area (TPSA) is 91.8 Å². The molecule has 1 fully saturated rings. The molecule has 2 aromatic rings. The van der Waals surface area contributed by atoms with Crippen LogP contribution in [-0.2, 0) is 19.2 Å². The molecule has 1 heterocycles. The van der Waals surface area contributed by atoms with Gasteiger partial charge in [0.2, 0.25) is 11.8 Å². The Kier molecular flexibility index (Phi) is 5.89. The Morgan fingerprint density at radius 2 is 1.76 bits per heavy atom. The van der Waals surface area contributed by atoms with Crippen LogP contribution in [0.1, 0.15) is 29.9 Å². The number of aromatic hydroxyl groups is 1. The van der Waals surface area contributed by atoms with E-state index in [1.54, 1.807) is 36.4 Å². The van der Waals surface area contributed by atoms with Gasteiger partial charge in [-0.25, -0.2) is 0 Å². The lowest BCUT2D eigenvalue weighted by molar-refractivity contribution is -0.123. The van der Waals surface area contributed by atoms with E-state index < -0.39 is 23.7 Å². The van der Waals surface area contributed by atoms with Crippen molar-refractivity contribution in [1.82, 2.24) is 0 Å². The van der Waals surface area contributed by atoms with E-state index in [1.807, 2.05) is 6.08 Å². The van der Waals surface area contributed by atoms with Crippen LogP contribution in [0.5, 0.6) is 5.75 Å². The molecule has 2 amide bonds. The predicted molar refractivity (Wildman–Crippen MR) is 147 cm³/mol. The van der Waals surface area contributed by atoms with Crippen LogP contribution in [0.4, 0.5) is 5.69 Å². The molecular formula is C30H21BrClNO5. The van der Waals surface area contributed by atoms with Crippen LogP contribution in [0.15, 0.2) is 82.4 Å². The summed E-state index contributed by atoms with van der Waals surface area (Å²) in [6, 6.07) is 11.6. The maximum Gasteiger partial charge on any atom is 0.238 e. The van der Waals surface area contributed by atoms with Crippen molar-refractivity contribution in [3.63, 3.8) is 0 Å². The lowest BCUT2D eigenvalue weighted by Crippen LogP contribution is -2.39. The van der Waals surface area contributed by atoms with Crippen molar-refractivity contribution in [2.24, 2.45) is 17.8 Å². The van der Waals surface area contributed by atoms with Crippen molar-refractivity contribution < 1.29 is 24.3 Å². The Hall–Kier alpha value is -3.55. The number of nitrogens with zero attached hydrogens (tertiary/aromatic N) is 1. The molecule has 0 bridgehead atoms. The molecule has 4 aliphatic rings. The molecule has 8 heteroatoms. The van der Waals surface area contributed by atoms with E-state index in [9.17, 15) is 24.3 Å². The molecule has 4 atom stereocenters. The number of carbonyl (C=O) groups is 4. The van der Waals surface area contributed by atoms with Gasteiger partial charge in [0, 0.05) is 28.2 Å². The Morgan fingerprint density at radius 3 is 2.45 bits per heavy atom. The van der Waals surface area contributed by atoms with Gasteiger partial charge in [-0.15, -0.1) is 0 Å². The number of phenols is 1. The molecule has 0 saturated carbocycles. The number of rotatable bonds is 3. The van der Waals surface area contributed by atoms with Crippen LogP contribution in [0, 0.1) is 17.8 Å². The minimum atomic E-state index is -0.679. The van der Waals surface area contributed by atoms with Gasteiger partial charge in [0.05, 0.1) is 22.0 Å². The fourth-order valence-corrected chi connectivity index (χ4v) is 7.06. The molecule has 190 valence electrons. The number of hydrogen-bond acceptors (Lipinski definition) is 5. The monoisotopic (exact) mass is 589 g/mol. The molecule has 0 aromatic heterocycles. The van der Waals surface area contributed by atoms with Gasteiger partial charge < -0.3 is 5.11 Å². The lowest BCUT2D eigenvalue weighted by Gasteiger charge is -2.42. The van der Waals surface area contributed by atoms with Crippen molar-refractivity contribution >= 4 is 62.7 Å². The van der Waals surface area contributed by atoms with E-state index in [4.69, 9.17) is 11.6 Å². The zero-order chi connectivity index (χ0) is 26.9. The first kappa shape index (κ1) is 24.8. The first-order chi connectivity index (χ1) is 18.2. The molecule has 38 heavy (non-hydrogen) atoms. The lowest BCUT2D eigenvalue weighted by atomic mass is 9.59. The zero-order valence-electron chi connectivity index (χ0n) is 20.0. The van der Waals surface area contributed by atoms with Gasteiger partial charge in [-0.3, -0.25) is 24.1 Å². The number of allylic oxidation sites excluding steroid dienone is 6. The second kappa shape index (κ2) is 9.03. The SMILES string of the molecule is C=Cc1ccc(N2C(=O)[C@H]3[C@H](CC=C4[C@H](c5ccc(O)cc5Cl)C5=C(C[C@H]43)C(=O)C(Br)=CC5=O)C2=O)cc1. The van der Waals surface area contributed by atoms with Gasteiger partial charge in [0.15, 0.2) is 11.6 Å². The van der Waals surface area contributed by atoms with Crippen LogP contribution in [-0.4, -0.2) is 28.5 Å². The van der Waals surface area contributed by atoms with Crippen LogP contribution >= 0.6 is 27.5 Å². The maximum atomic E-state index is 13.9. The van der Waals surface area contributed by atoms with Crippen molar-refractivity contribution in [3.8, 4) is 5.75 Å². The predicted octanol–water partition coefficient (Wildman–Crippen LogP) is 5.66. The number of halogens is 2. The highest BCUT2D eigenvalue weighted by molar-refractivity contribution is 9.12. The van der Waals surface area contributed by atoms with E-state index in [2.05, 4.69) is 22.5 Å². The minimum absolute atomic E-state index is 0.0265. The number of phenolic OH excluding ortho intramolecular Hbond substituents is 1. The molecular weight excluding hydrogens is 570 g/mol. The average molecular weight is 591 g/mol. The van der Waals surface area contributed by atoms with Crippen molar-refractivity contribution in [3.05, 3.63) is 98.5 Å². The summed E-state index contributed by atoms with van der Waals surface area (Å²) < 4.78 is 0.161. The summed E-state index contributed by atoms with van der Waals surface area (Å²) in [6.07, 6.45) is 5.39. The summed E-state index contributed by atoms with van der Waals surface area (Å²) >= 11 is 9.78. The smallest absolute Gasteiger partial charge is 0.238 e. The summed E-state index contributed by atoms with van der Waals surface area (Å²) in [6.45, 7) is 3.74. The quantitative estimate of drug-likeness (QED) is 0.283. The van der Waals surface area contributed by atoms with Gasteiger partial charge >= 0.3 is 0 Å². The summed E-state index contributed by atoms with van der Waals surface area (Å²) in [5.41, 5.74) is 3.39. The van der Waals surface area contributed by atoms with Crippen LogP contribution in [0.3, 0.4) is 0 Å². The first-order valence-electron chi connectivity index (χ1n) is 12.2. The van der Waals surface area contributed by atoms with E-state index >= 15 is 0 Å². The highest BCUT2D eigenvalue weighted by Crippen LogP contribution is 2.56. The fourth-order valence-electron chi connectivity index (χ4n) is 6.33. The molecule has 1 aliphatic heterocycles. The highest BCUT2D eigenvalue weighted by atomic mass is 79.9. The third-order valence-electron chi connectivity index (χ3n) is 8.01. The molecule has 1 N–H and O–H groups in total. The number of benzene rings is 2. The third kappa shape index (κ3) is 3.60. The Labute approximate surface area is 232 Å². The Balaban J connectivity index is 1.48. The number of ketones is 2. The molecule has 3 aliphatic carbocycles. The van der Waals surface area contributed by atoms with Crippen LogP contribution in [0.2, 0.25) is 5.02 Å². The zero-order valence-corrected chi connectivity index (χ0v) is 22.3. The Bertz CT molecular complexity index is 1570. The molecule has 0 spiro atoms. The Morgan fingerprint density at radius 1 is 1.03 bits per heavy atom. The normalized spacial score (nSPS) is 26.5. The van der Waals surface area contributed by atoms with Gasteiger partial charge in [-0.1, -0.05) is 54.1 Å². The number of fused-ring (bicyclic) bond motifs is 3. The van der Waals surface area contributed by atoms with E-state index in [-0.39, 0.29) is 45.1 Å².